The Bertz CT molecular complexity index is 2780. The van der Waals surface area contributed by atoms with E-state index in [1.807, 2.05) is 6.07 Å². The number of nitrogens with zero attached hydrogens (tertiary/aromatic N) is 3. The van der Waals surface area contributed by atoms with Gasteiger partial charge in [-0.25, -0.2) is 15.0 Å². The second-order valence-electron chi connectivity index (χ2n) is 13.6. The van der Waals surface area contributed by atoms with Crippen molar-refractivity contribution in [2.45, 2.75) is 19.3 Å². The van der Waals surface area contributed by atoms with E-state index in [-0.39, 0.29) is 5.41 Å². The van der Waals surface area contributed by atoms with Crippen LogP contribution in [-0.2, 0) is 5.41 Å². The predicted molar refractivity (Wildman–Crippen MR) is 204 cm³/mol. The average molecular weight is 626 g/mol. The zero-order valence-corrected chi connectivity index (χ0v) is 27.3. The SMILES string of the molecule is CC1(C)c2ccccc2-c2nc3ccc4ccccc4c3c(-c3ccc(-c4ccc5ccc6ccc(-c7ccccc7)nc6c5n4)cc3)c21. The third-order valence-electron chi connectivity index (χ3n) is 10.4. The molecule has 6 aromatic carbocycles. The molecule has 3 heterocycles. The summed E-state index contributed by atoms with van der Waals surface area (Å²) in [6, 6.07) is 53.9. The topological polar surface area (TPSA) is 38.7 Å². The standard InChI is InChI=1S/C46H31N3/c1-46(2)36-15-9-8-14-35(36)45-42(46)40(41-34-13-7-6-10-28(34)22-27-39(41)49-45)31-18-16-30(17-19-31)38-26-24-33-21-20-32-23-25-37(29-11-4-3-5-12-29)47-43(32)44(33)48-38/h3-27H,1-2H3. The van der Waals surface area contributed by atoms with Crippen LogP contribution in [0.3, 0.4) is 0 Å². The molecule has 0 saturated heterocycles. The zero-order valence-electron chi connectivity index (χ0n) is 27.3. The molecule has 230 valence electrons. The zero-order chi connectivity index (χ0) is 32.7. The van der Waals surface area contributed by atoms with Gasteiger partial charge in [-0.2, -0.15) is 0 Å². The van der Waals surface area contributed by atoms with Crippen molar-refractivity contribution in [2.24, 2.45) is 0 Å². The second kappa shape index (κ2) is 10.4. The van der Waals surface area contributed by atoms with Gasteiger partial charge in [0.25, 0.3) is 0 Å². The fourth-order valence-electron chi connectivity index (χ4n) is 8.00. The summed E-state index contributed by atoms with van der Waals surface area (Å²) in [5.74, 6) is 0. The Labute approximate surface area is 284 Å². The van der Waals surface area contributed by atoms with Gasteiger partial charge in [-0.05, 0) is 51.2 Å². The van der Waals surface area contributed by atoms with E-state index >= 15 is 0 Å². The van der Waals surface area contributed by atoms with Crippen molar-refractivity contribution in [1.29, 1.82) is 0 Å². The maximum atomic E-state index is 5.36. The first kappa shape index (κ1) is 27.9. The Balaban J connectivity index is 1.16. The van der Waals surface area contributed by atoms with Gasteiger partial charge in [0, 0.05) is 38.3 Å². The number of hydrogen-bond acceptors (Lipinski definition) is 3. The maximum absolute atomic E-state index is 5.36. The Hall–Kier alpha value is -6.19. The lowest BCUT2D eigenvalue weighted by molar-refractivity contribution is 0.662. The summed E-state index contributed by atoms with van der Waals surface area (Å²) in [4.78, 5) is 15.7. The molecule has 0 radical (unpaired) electrons. The predicted octanol–water partition coefficient (Wildman–Crippen LogP) is 11.8. The summed E-state index contributed by atoms with van der Waals surface area (Å²) in [6.45, 7) is 4.68. The third kappa shape index (κ3) is 4.19. The van der Waals surface area contributed by atoms with Gasteiger partial charge in [-0.15, -0.1) is 0 Å². The molecule has 0 amide bonds. The molecule has 3 aromatic heterocycles. The van der Waals surface area contributed by atoms with Crippen LogP contribution in [0.25, 0.3) is 88.4 Å². The average Bonchev–Trinajstić information content (AvgIpc) is 3.39. The molecule has 49 heavy (non-hydrogen) atoms. The number of hydrogen-bond donors (Lipinski definition) is 0. The van der Waals surface area contributed by atoms with Crippen LogP contribution >= 0.6 is 0 Å². The lowest BCUT2D eigenvalue weighted by Crippen LogP contribution is -2.16. The van der Waals surface area contributed by atoms with Crippen molar-refractivity contribution in [3.8, 4) is 44.9 Å². The molecule has 0 spiro atoms. The lowest BCUT2D eigenvalue weighted by Gasteiger charge is -2.25. The van der Waals surface area contributed by atoms with Gasteiger partial charge in [-0.1, -0.05) is 147 Å². The Morgan fingerprint density at radius 3 is 1.76 bits per heavy atom. The van der Waals surface area contributed by atoms with E-state index in [9.17, 15) is 0 Å². The first-order valence-corrected chi connectivity index (χ1v) is 16.9. The van der Waals surface area contributed by atoms with Gasteiger partial charge in [0.05, 0.1) is 33.6 Å². The maximum Gasteiger partial charge on any atom is 0.0972 e. The highest BCUT2D eigenvalue weighted by atomic mass is 14.8. The summed E-state index contributed by atoms with van der Waals surface area (Å²) < 4.78 is 0. The van der Waals surface area contributed by atoms with E-state index in [1.54, 1.807) is 0 Å². The van der Waals surface area contributed by atoms with Crippen molar-refractivity contribution >= 4 is 43.5 Å². The molecule has 0 atom stereocenters. The van der Waals surface area contributed by atoms with Crippen LogP contribution in [0.1, 0.15) is 25.0 Å². The van der Waals surface area contributed by atoms with Crippen molar-refractivity contribution < 1.29 is 0 Å². The van der Waals surface area contributed by atoms with Crippen LogP contribution in [-0.4, -0.2) is 15.0 Å². The number of aromatic nitrogens is 3. The van der Waals surface area contributed by atoms with E-state index in [1.165, 1.54) is 44.0 Å². The summed E-state index contributed by atoms with van der Waals surface area (Å²) in [5.41, 5.74) is 14.1. The molecule has 10 rings (SSSR count). The first-order chi connectivity index (χ1) is 24.0. The van der Waals surface area contributed by atoms with E-state index in [0.29, 0.717) is 0 Å². The van der Waals surface area contributed by atoms with Crippen LogP contribution in [0.2, 0.25) is 0 Å². The molecular formula is C46H31N3. The van der Waals surface area contributed by atoms with E-state index in [0.717, 1.165) is 55.5 Å². The lowest BCUT2D eigenvalue weighted by atomic mass is 9.78. The van der Waals surface area contributed by atoms with Crippen molar-refractivity contribution in [3.05, 3.63) is 163 Å². The quantitative estimate of drug-likeness (QED) is 0.183. The number of benzene rings is 6. The van der Waals surface area contributed by atoms with Gasteiger partial charge in [0.15, 0.2) is 0 Å². The summed E-state index contributed by atoms with van der Waals surface area (Å²) >= 11 is 0. The van der Waals surface area contributed by atoms with Gasteiger partial charge >= 0.3 is 0 Å². The van der Waals surface area contributed by atoms with Gasteiger partial charge < -0.3 is 0 Å². The minimum absolute atomic E-state index is 0.204. The summed E-state index contributed by atoms with van der Waals surface area (Å²) in [5, 5.41) is 5.83. The second-order valence-corrected chi connectivity index (χ2v) is 13.6. The largest absolute Gasteiger partial charge is 0.247 e. The summed E-state index contributed by atoms with van der Waals surface area (Å²) in [7, 11) is 0. The molecular weight excluding hydrogens is 595 g/mol. The van der Waals surface area contributed by atoms with Crippen LogP contribution in [0.4, 0.5) is 0 Å². The molecule has 9 aromatic rings. The van der Waals surface area contributed by atoms with E-state index < -0.39 is 0 Å². The van der Waals surface area contributed by atoms with Crippen LogP contribution < -0.4 is 0 Å². The van der Waals surface area contributed by atoms with Crippen molar-refractivity contribution in [3.63, 3.8) is 0 Å². The van der Waals surface area contributed by atoms with Crippen molar-refractivity contribution in [2.75, 3.05) is 0 Å². The van der Waals surface area contributed by atoms with Crippen LogP contribution in [0.15, 0.2) is 152 Å². The smallest absolute Gasteiger partial charge is 0.0972 e. The Morgan fingerprint density at radius 2 is 1.02 bits per heavy atom. The molecule has 0 unspecified atom stereocenters. The highest BCUT2D eigenvalue weighted by Crippen LogP contribution is 2.54. The van der Waals surface area contributed by atoms with E-state index in [4.69, 9.17) is 15.0 Å². The monoisotopic (exact) mass is 625 g/mol. The van der Waals surface area contributed by atoms with Crippen LogP contribution in [0, 0.1) is 0 Å². The summed E-state index contributed by atoms with van der Waals surface area (Å²) in [6.07, 6.45) is 0. The van der Waals surface area contributed by atoms with Gasteiger partial charge in [-0.3, -0.25) is 0 Å². The van der Waals surface area contributed by atoms with Gasteiger partial charge in [0.2, 0.25) is 0 Å². The molecule has 1 aliphatic rings. The Morgan fingerprint density at radius 1 is 0.449 bits per heavy atom. The van der Waals surface area contributed by atoms with E-state index in [2.05, 4.69) is 159 Å². The number of pyridine rings is 3. The normalized spacial score (nSPS) is 13.3. The molecule has 3 nitrogen and oxygen atoms in total. The third-order valence-corrected chi connectivity index (χ3v) is 10.4. The fraction of sp³-hybridized carbons (Fsp3) is 0.0652. The molecule has 0 saturated carbocycles. The molecule has 0 fully saturated rings. The molecule has 1 aliphatic carbocycles. The molecule has 0 bridgehead atoms. The van der Waals surface area contributed by atoms with Crippen LogP contribution in [0.5, 0.6) is 0 Å². The minimum Gasteiger partial charge on any atom is -0.247 e. The molecule has 3 heteroatoms. The number of rotatable bonds is 3. The highest BCUT2D eigenvalue weighted by molar-refractivity contribution is 6.16. The molecule has 0 aliphatic heterocycles. The fourth-order valence-corrected chi connectivity index (χ4v) is 8.00. The first-order valence-electron chi connectivity index (χ1n) is 16.9. The van der Waals surface area contributed by atoms with Crippen molar-refractivity contribution in [1.82, 2.24) is 15.0 Å². The Kier molecular flexibility index (Phi) is 5.92. The van der Waals surface area contributed by atoms with Gasteiger partial charge in [0.1, 0.15) is 0 Å². The minimum atomic E-state index is -0.204. The highest BCUT2D eigenvalue weighted by Gasteiger charge is 2.39. The number of fused-ring (bicyclic) bond motifs is 9. The molecule has 0 N–H and O–H groups in total.